The summed E-state index contributed by atoms with van der Waals surface area (Å²) in [7, 11) is 0. The zero-order chi connectivity index (χ0) is 13.8. The van der Waals surface area contributed by atoms with Crippen molar-refractivity contribution in [1.82, 2.24) is 4.90 Å². The predicted octanol–water partition coefficient (Wildman–Crippen LogP) is 3.22. The van der Waals surface area contributed by atoms with E-state index < -0.39 is 0 Å². The molecule has 4 heteroatoms. The third kappa shape index (κ3) is 4.13. The molecule has 0 bridgehead atoms. The van der Waals surface area contributed by atoms with Gasteiger partial charge in [-0.3, -0.25) is 4.79 Å². The highest BCUT2D eigenvalue weighted by Crippen LogP contribution is 2.21. The van der Waals surface area contributed by atoms with Crippen LogP contribution in [0.3, 0.4) is 0 Å². The summed E-state index contributed by atoms with van der Waals surface area (Å²) in [5, 5.41) is 0.616. The quantitative estimate of drug-likeness (QED) is 0.851. The molecule has 1 heterocycles. The lowest BCUT2D eigenvalue weighted by atomic mass is 9.92. The molecule has 2 atom stereocenters. The van der Waals surface area contributed by atoms with Crippen LogP contribution in [-0.2, 0) is 4.79 Å². The van der Waals surface area contributed by atoms with Crippen molar-refractivity contribution in [2.24, 2.45) is 11.8 Å². The number of amides is 1. The van der Waals surface area contributed by atoms with E-state index in [2.05, 4.69) is 13.8 Å². The smallest absolute Gasteiger partial charge is 0.260 e. The highest BCUT2D eigenvalue weighted by Gasteiger charge is 2.25. The van der Waals surface area contributed by atoms with Gasteiger partial charge in [-0.05, 0) is 36.5 Å². The summed E-state index contributed by atoms with van der Waals surface area (Å²) in [5.41, 5.74) is 0. The number of likely N-dealkylation sites (tertiary alicyclic amines) is 1. The number of carbonyl (C=O) groups excluding carboxylic acids is 1. The van der Waals surface area contributed by atoms with Gasteiger partial charge in [0.25, 0.3) is 5.91 Å². The molecule has 1 amide bonds. The van der Waals surface area contributed by atoms with E-state index in [1.54, 1.807) is 18.2 Å². The summed E-state index contributed by atoms with van der Waals surface area (Å²) in [4.78, 5) is 14.0. The van der Waals surface area contributed by atoms with Gasteiger partial charge in [-0.2, -0.15) is 0 Å². The minimum Gasteiger partial charge on any atom is -0.484 e. The first-order valence-corrected chi connectivity index (χ1v) is 7.08. The van der Waals surface area contributed by atoms with Crippen LogP contribution in [0.2, 0.25) is 5.02 Å². The van der Waals surface area contributed by atoms with E-state index in [4.69, 9.17) is 16.3 Å². The maximum Gasteiger partial charge on any atom is 0.260 e. The van der Waals surface area contributed by atoms with Crippen molar-refractivity contribution >= 4 is 17.5 Å². The monoisotopic (exact) mass is 281 g/mol. The summed E-state index contributed by atoms with van der Waals surface area (Å²) in [6.07, 6.45) is 1.19. The minimum absolute atomic E-state index is 0.0541. The summed E-state index contributed by atoms with van der Waals surface area (Å²) in [5.74, 6) is 1.83. The second-order valence-corrected chi connectivity index (χ2v) is 5.93. The van der Waals surface area contributed by atoms with Crippen LogP contribution < -0.4 is 4.74 Å². The van der Waals surface area contributed by atoms with Crippen LogP contribution in [0.25, 0.3) is 0 Å². The van der Waals surface area contributed by atoms with Crippen molar-refractivity contribution in [3.63, 3.8) is 0 Å². The Balaban J connectivity index is 1.87. The Morgan fingerprint density at radius 2 is 2.05 bits per heavy atom. The number of benzene rings is 1. The normalized spacial score (nSPS) is 23.2. The Hall–Kier alpha value is -1.22. The van der Waals surface area contributed by atoms with Gasteiger partial charge in [0.15, 0.2) is 6.61 Å². The standard InChI is InChI=1S/C15H20ClNO2/c1-11-6-12(2)9-17(8-11)15(18)10-19-14-5-3-4-13(16)7-14/h3-5,7,11-12H,6,8-10H2,1-2H3. The van der Waals surface area contributed by atoms with Gasteiger partial charge in [0.05, 0.1) is 0 Å². The van der Waals surface area contributed by atoms with Crippen LogP contribution in [0.4, 0.5) is 0 Å². The van der Waals surface area contributed by atoms with Crippen LogP contribution >= 0.6 is 11.6 Å². The van der Waals surface area contributed by atoms with Crippen LogP contribution in [0.1, 0.15) is 20.3 Å². The van der Waals surface area contributed by atoms with Gasteiger partial charge in [-0.1, -0.05) is 31.5 Å². The van der Waals surface area contributed by atoms with E-state index in [-0.39, 0.29) is 12.5 Å². The minimum atomic E-state index is 0.0541. The molecule has 0 radical (unpaired) electrons. The lowest BCUT2D eigenvalue weighted by Crippen LogP contribution is -2.44. The lowest BCUT2D eigenvalue weighted by molar-refractivity contribution is -0.136. The first kappa shape index (κ1) is 14.2. The van der Waals surface area contributed by atoms with E-state index >= 15 is 0 Å². The van der Waals surface area contributed by atoms with Gasteiger partial charge in [0.1, 0.15) is 5.75 Å². The summed E-state index contributed by atoms with van der Waals surface area (Å²) in [6, 6.07) is 7.12. The molecule has 2 rings (SSSR count). The Labute approximate surface area is 119 Å². The zero-order valence-corrected chi connectivity index (χ0v) is 12.2. The molecular weight excluding hydrogens is 262 g/mol. The Kier molecular flexibility index (Phi) is 4.70. The number of carbonyl (C=O) groups is 1. The maximum atomic E-state index is 12.1. The predicted molar refractivity (Wildman–Crippen MR) is 76.5 cm³/mol. The summed E-state index contributed by atoms with van der Waals surface area (Å²) < 4.78 is 5.50. The van der Waals surface area contributed by atoms with Gasteiger partial charge >= 0.3 is 0 Å². The first-order valence-electron chi connectivity index (χ1n) is 6.70. The molecule has 0 aromatic heterocycles. The zero-order valence-electron chi connectivity index (χ0n) is 11.4. The molecule has 0 N–H and O–H groups in total. The molecule has 0 saturated carbocycles. The molecule has 19 heavy (non-hydrogen) atoms. The largest absolute Gasteiger partial charge is 0.484 e. The molecule has 1 aromatic rings. The SMILES string of the molecule is CC1CC(C)CN(C(=O)COc2cccc(Cl)c2)C1. The number of nitrogens with zero attached hydrogens (tertiary/aromatic N) is 1. The van der Waals surface area contributed by atoms with Crippen LogP contribution in [0.15, 0.2) is 24.3 Å². The summed E-state index contributed by atoms with van der Waals surface area (Å²) >= 11 is 5.87. The average molecular weight is 282 g/mol. The van der Waals surface area contributed by atoms with Crippen LogP contribution in [0, 0.1) is 11.8 Å². The fourth-order valence-corrected chi connectivity index (χ4v) is 2.84. The first-order chi connectivity index (χ1) is 9.04. The number of ether oxygens (including phenoxy) is 1. The average Bonchev–Trinajstić information content (AvgIpc) is 2.35. The van der Waals surface area contributed by atoms with Gasteiger partial charge in [-0.25, -0.2) is 0 Å². The molecule has 104 valence electrons. The fourth-order valence-electron chi connectivity index (χ4n) is 2.66. The Morgan fingerprint density at radius 3 is 2.68 bits per heavy atom. The number of hydrogen-bond donors (Lipinski definition) is 0. The number of halogens is 1. The van der Waals surface area contributed by atoms with Crippen molar-refractivity contribution in [3.8, 4) is 5.75 Å². The fraction of sp³-hybridized carbons (Fsp3) is 0.533. The van der Waals surface area contributed by atoms with Crippen molar-refractivity contribution in [2.75, 3.05) is 19.7 Å². The van der Waals surface area contributed by atoms with Crippen molar-refractivity contribution in [2.45, 2.75) is 20.3 Å². The van der Waals surface area contributed by atoms with E-state index in [0.29, 0.717) is 22.6 Å². The molecule has 1 fully saturated rings. The molecular formula is C15H20ClNO2. The van der Waals surface area contributed by atoms with Crippen molar-refractivity contribution in [1.29, 1.82) is 0 Å². The maximum absolute atomic E-state index is 12.1. The second-order valence-electron chi connectivity index (χ2n) is 5.49. The van der Waals surface area contributed by atoms with Crippen molar-refractivity contribution < 1.29 is 9.53 Å². The van der Waals surface area contributed by atoms with Gasteiger partial charge in [-0.15, -0.1) is 0 Å². The third-order valence-corrected chi connectivity index (χ3v) is 3.62. The van der Waals surface area contributed by atoms with Crippen molar-refractivity contribution in [3.05, 3.63) is 29.3 Å². The molecule has 1 aromatic carbocycles. The third-order valence-electron chi connectivity index (χ3n) is 3.38. The van der Waals surface area contributed by atoms with Gasteiger partial charge in [0.2, 0.25) is 0 Å². The van der Waals surface area contributed by atoms with Crippen LogP contribution in [0.5, 0.6) is 5.75 Å². The molecule has 2 unspecified atom stereocenters. The summed E-state index contributed by atoms with van der Waals surface area (Å²) in [6.45, 7) is 6.13. The molecule has 0 aliphatic carbocycles. The highest BCUT2D eigenvalue weighted by atomic mass is 35.5. The Bertz CT molecular complexity index is 440. The highest BCUT2D eigenvalue weighted by molar-refractivity contribution is 6.30. The van der Waals surface area contributed by atoms with E-state index in [0.717, 1.165) is 13.1 Å². The van der Waals surface area contributed by atoms with E-state index in [9.17, 15) is 4.79 Å². The topological polar surface area (TPSA) is 29.5 Å². The molecule has 0 spiro atoms. The van der Waals surface area contributed by atoms with E-state index in [1.165, 1.54) is 6.42 Å². The van der Waals surface area contributed by atoms with Gasteiger partial charge in [0, 0.05) is 18.1 Å². The molecule has 1 aliphatic rings. The molecule has 3 nitrogen and oxygen atoms in total. The van der Waals surface area contributed by atoms with Crippen LogP contribution in [-0.4, -0.2) is 30.5 Å². The van der Waals surface area contributed by atoms with E-state index in [1.807, 2.05) is 11.0 Å². The van der Waals surface area contributed by atoms with Gasteiger partial charge < -0.3 is 9.64 Å². The number of rotatable bonds is 3. The Morgan fingerprint density at radius 1 is 1.37 bits per heavy atom. The number of hydrogen-bond acceptors (Lipinski definition) is 2. The second kappa shape index (κ2) is 6.29. The molecule has 1 aliphatic heterocycles. The lowest BCUT2D eigenvalue weighted by Gasteiger charge is -2.34. The number of piperidine rings is 1. The molecule has 1 saturated heterocycles.